The minimum Gasteiger partial charge on any atom is -0.478 e. The number of nitrogens with zero attached hydrogens (tertiary/aromatic N) is 2. The van der Waals surface area contributed by atoms with Gasteiger partial charge in [-0.1, -0.05) is 18.2 Å². The monoisotopic (exact) mass is 403 g/mol. The Hall–Kier alpha value is -4.18. The molecule has 1 aromatic heterocycles. The van der Waals surface area contributed by atoms with Gasteiger partial charge < -0.3 is 15.0 Å². The van der Waals surface area contributed by atoms with Crippen molar-refractivity contribution in [2.45, 2.75) is 13.8 Å². The SMILES string of the molecule is Cc1cc(/C=C(/C#N)C(=O)Nc2ccccc2F)c(C)n1-c1cccc(C(=O)O)c1. The molecule has 0 saturated heterocycles. The third-order valence-electron chi connectivity index (χ3n) is 4.61. The first kappa shape index (κ1) is 20.6. The van der Waals surface area contributed by atoms with E-state index in [0.29, 0.717) is 11.3 Å². The van der Waals surface area contributed by atoms with E-state index in [1.165, 1.54) is 30.3 Å². The summed E-state index contributed by atoms with van der Waals surface area (Å²) in [6.07, 6.45) is 1.43. The summed E-state index contributed by atoms with van der Waals surface area (Å²) in [5.74, 6) is -2.35. The predicted octanol–water partition coefficient (Wildman–Crippen LogP) is 4.48. The van der Waals surface area contributed by atoms with Gasteiger partial charge in [-0.15, -0.1) is 0 Å². The van der Waals surface area contributed by atoms with Crippen molar-refractivity contribution in [1.29, 1.82) is 5.26 Å². The number of aryl methyl sites for hydroxylation is 1. The van der Waals surface area contributed by atoms with Crippen molar-refractivity contribution in [1.82, 2.24) is 4.57 Å². The zero-order valence-corrected chi connectivity index (χ0v) is 16.3. The van der Waals surface area contributed by atoms with Crippen LogP contribution in [0.2, 0.25) is 0 Å². The molecule has 0 radical (unpaired) electrons. The van der Waals surface area contributed by atoms with Crippen LogP contribution in [-0.2, 0) is 4.79 Å². The lowest BCUT2D eigenvalue weighted by molar-refractivity contribution is -0.112. The van der Waals surface area contributed by atoms with E-state index in [0.717, 1.165) is 11.4 Å². The molecule has 1 heterocycles. The minimum atomic E-state index is -1.03. The third-order valence-corrected chi connectivity index (χ3v) is 4.61. The maximum absolute atomic E-state index is 13.8. The number of amides is 1. The van der Waals surface area contributed by atoms with E-state index in [1.807, 2.05) is 17.6 Å². The highest BCUT2D eigenvalue weighted by Gasteiger charge is 2.15. The highest BCUT2D eigenvalue weighted by Crippen LogP contribution is 2.24. The Morgan fingerprint density at radius 2 is 1.87 bits per heavy atom. The Balaban J connectivity index is 1.97. The number of carbonyl (C=O) groups excluding carboxylic acids is 1. The van der Waals surface area contributed by atoms with Crippen LogP contribution >= 0.6 is 0 Å². The second kappa shape index (κ2) is 8.45. The van der Waals surface area contributed by atoms with Crippen LogP contribution < -0.4 is 5.32 Å². The lowest BCUT2D eigenvalue weighted by Gasteiger charge is -2.10. The normalized spacial score (nSPS) is 11.1. The van der Waals surface area contributed by atoms with Crippen LogP contribution in [0.3, 0.4) is 0 Å². The number of carbonyl (C=O) groups is 2. The first-order chi connectivity index (χ1) is 14.3. The molecular formula is C23H18FN3O3. The number of nitrogens with one attached hydrogen (secondary N) is 1. The van der Waals surface area contributed by atoms with E-state index in [9.17, 15) is 24.3 Å². The fourth-order valence-corrected chi connectivity index (χ4v) is 3.17. The average molecular weight is 403 g/mol. The van der Waals surface area contributed by atoms with Crippen molar-refractivity contribution < 1.29 is 19.1 Å². The van der Waals surface area contributed by atoms with Gasteiger partial charge in [0.2, 0.25) is 0 Å². The van der Waals surface area contributed by atoms with E-state index < -0.39 is 17.7 Å². The molecule has 0 unspecified atom stereocenters. The highest BCUT2D eigenvalue weighted by molar-refractivity contribution is 6.09. The Labute approximate surface area is 172 Å². The summed E-state index contributed by atoms with van der Waals surface area (Å²) in [7, 11) is 0. The second-order valence-electron chi connectivity index (χ2n) is 6.62. The van der Waals surface area contributed by atoms with E-state index in [4.69, 9.17) is 0 Å². The third kappa shape index (κ3) is 4.13. The smallest absolute Gasteiger partial charge is 0.335 e. The van der Waals surface area contributed by atoms with Gasteiger partial charge >= 0.3 is 5.97 Å². The van der Waals surface area contributed by atoms with Gasteiger partial charge in [-0.2, -0.15) is 5.26 Å². The second-order valence-corrected chi connectivity index (χ2v) is 6.62. The Morgan fingerprint density at radius 1 is 1.13 bits per heavy atom. The molecule has 0 atom stereocenters. The van der Waals surface area contributed by atoms with Crippen LogP contribution in [0, 0.1) is 31.0 Å². The minimum absolute atomic E-state index is 0.0143. The van der Waals surface area contributed by atoms with Crippen molar-refractivity contribution in [2.24, 2.45) is 0 Å². The van der Waals surface area contributed by atoms with Gasteiger partial charge in [0.25, 0.3) is 5.91 Å². The number of benzene rings is 2. The van der Waals surface area contributed by atoms with E-state index in [1.54, 1.807) is 37.3 Å². The van der Waals surface area contributed by atoms with Crippen LogP contribution in [0.15, 0.2) is 60.2 Å². The predicted molar refractivity (Wildman–Crippen MR) is 111 cm³/mol. The van der Waals surface area contributed by atoms with Crippen molar-refractivity contribution in [3.05, 3.63) is 88.5 Å². The van der Waals surface area contributed by atoms with Gasteiger partial charge in [0.1, 0.15) is 17.5 Å². The van der Waals surface area contributed by atoms with Gasteiger partial charge in [-0.25, -0.2) is 9.18 Å². The van der Waals surface area contributed by atoms with E-state index >= 15 is 0 Å². The first-order valence-electron chi connectivity index (χ1n) is 9.02. The molecule has 0 aliphatic rings. The maximum Gasteiger partial charge on any atom is 0.335 e. The van der Waals surface area contributed by atoms with Gasteiger partial charge in [-0.05, 0) is 61.9 Å². The largest absolute Gasteiger partial charge is 0.478 e. The fourth-order valence-electron chi connectivity index (χ4n) is 3.17. The number of hydrogen-bond donors (Lipinski definition) is 2. The molecule has 0 saturated carbocycles. The van der Waals surface area contributed by atoms with E-state index in [2.05, 4.69) is 5.32 Å². The molecular weight excluding hydrogens is 385 g/mol. The standard InChI is InChI=1S/C23H18FN3O3/c1-14-10-17(15(2)27(14)19-7-5-6-16(12-19)23(29)30)11-18(13-25)22(28)26-21-9-4-3-8-20(21)24/h3-12H,1-2H3,(H,26,28)(H,29,30)/b18-11-. The van der Waals surface area contributed by atoms with Crippen molar-refractivity contribution >= 4 is 23.6 Å². The van der Waals surface area contributed by atoms with Crippen LogP contribution in [-0.4, -0.2) is 21.6 Å². The topological polar surface area (TPSA) is 95.1 Å². The maximum atomic E-state index is 13.8. The molecule has 150 valence electrons. The highest BCUT2D eigenvalue weighted by atomic mass is 19.1. The molecule has 0 aliphatic heterocycles. The quantitative estimate of drug-likeness (QED) is 0.485. The molecule has 2 N–H and O–H groups in total. The summed E-state index contributed by atoms with van der Waals surface area (Å²) in [4.78, 5) is 23.7. The van der Waals surface area contributed by atoms with Gasteiger partial charge in [0.15, 0.2) is 0 Å². The van der Waals surface area contributed by atoms with Crippen LogP contribution in [0.25, 0.3) is 11.8 Å². The Kier molecular flexibility index (Phi) is 5.79. The number of anilines is 1. The van der Waals surface area contributed by atoms with E-state index in [-0.39, 0.29) is 16.8 Å². The fraction of sp³-hybridized carbons (Fsp3) is 0.0870. The zero-order valence-electron chi connectivity index (χ0n) is 16.3. The molecule has 0 bridgehead atoms. The van der Waals surface area contributed by atoms with Crippen molar-refractivity contribution in [2.75, 3.05) is 5.32 Å². The molecule has 6 nitrogen and oxygen atoms in total. The molecule has 1 amide bonds. The zero-order chi connectivity index (χ0) is 21.8. The Bertz CT molecular complexity index is 1220. The number of nitriles is 1. The summed E-state index contributed by atoms with van der Waals surface area (Å²) < 4.78 is 15.6. The molecule has 3 aromatic rings. The number of hydrogen-bond acceptors (Lipinski definition) is 3. The number of para-hydroxylation sites is 1. The molecule has 0 spiro atoms. The van der Waals surface area contributed by atoms with Gasteiger partial charge in [-0.3, -0.25) is 4.79 Å². The van der Waals surface area contributed by atoms with Gasteiger partial charge in [0.05, 0.1) is 11.3 Å². The van der Waals surface area contributed by atoms with Crippen molar-refractivity contribution in [3.8, 4) is 11.8 Å². The van der Waals surface area contributed by atoms with Crippen LogP contribution in [0.4, 0.5) is 10.1 Å². The Morgan fingerprint density at radius 3 is 2.53 bits per heavy atom. The van der Waals surface area contributed by atoms with Crippen LogP contribution in [0.1, 0.15) is 27.3 Å². The lowest BCUT2D eigenvalue weighted by Crippen LogP contribution is -2.14. The molecule has 0 aliphatic carbocycles. The first-order valence-corrected chi connectivity index (χ1v) is 9.02. The number of carboxylic acids is 1. The molecule has 2 aromatic carbocycles. The molecule has 7 heteroatoms. The number of carboxylic acid groups (broad SMARTS) is 1. The molecule has 30 heavy (non-hydrogen) atoms. The van der Waals surface area contributed by atoms with Crippen molar-refractivity contribution in [3.63, 3.8) is 0 Å². The number of halogens is 1. The molecule has 3 rings (SSSR count). The number of rotatable bonds is 5. The molecule has 0 fully saturated rings. The summed E-state index contributed by atoms with van der Waals surface area (Å²) in [5.41, 5.74) is 2.75. The summed E-state index contributed by atoms with van der Waals surface area (Å²) in [6, 6.07) is 15.8. The van der Waals surface area contributed by atoms with Gasteiger partial charge in [0, 0.05) is 17.1 Å². The lowest BCUT2D eigenvalue weighted by atomic mass is 10.1. The average Bonchev–Trinajstić information content (AvgIpc) is 3.00. The summed E-state index contributed by atoms with van der Waals surface area (Å²) >= 11 is 0. The number of aromatic carboxylic acids is 1. The summed E-state index contributed by atoms with van der Waals surface area (Å²) in [5, 5.41) is 21.1. The summed E-state index contributed by atoms with van der Waals surface area (Å²) in [6.45, 7) is 3.64. The number of aromatic nitrogens is 1. The van der Waals surface area contributed by atoms with Crippen LogP contribution in [0.5, 0.6) is 0 Å².